The lowest BCUT2D eigenvalue weighted by atomic mass is 10.1. The molecule has 24 heavy (non-hydrogen) atoms. The van der Waals surface area contributed by atoms with Gasteiger partial charge in [0.1, 0.15) is 17.9 Å². The first kappa shape index (κ1) is 17.0. The molecule has 0 aliphatic heterocycles. The summed E-state index contributed by atoms with van der Waals surface area (Å²) >= 11 is 8.31. The number of halogens is 2. The maximum Gasteiger partial charge on any atom is 0.313 e. The van der Waals surface area contributed by atoms with Crippen LogP contribution in [0.25, 0.3) is 22.7 Å². The number of ether oxygens (including phenoxy) is 1. The Morgan fingerprint density at radius 3 is 2.62 bits per heavy atom. The number of hydrogen-bond donors (Lipinski definition) is 0. The summed E-state index contributed by atoms with van der Waals surface area (Å²) in [5.74, 6) is 0.529. The van der Waals surface area contributed by atoms with Gasteiger partial charge in [0.05, 0.1) is 7.11 Å². The predicted molar refractivity (Wildman–Crippen MR) is 101 cm³/mol. The second-order valence-corrected chi connectivity index (χ2v) is 6.74. The SMILES string of the molecule is COC(=O)Cc1oc(-c2ccc(I)cc2)nc1-c1cccc(Cl)c1. The minimum Gasteiger partial charge on any atom is -0.469 e. The van der Waals surface area contributed by atoms with Crippen LogP contribution < -0.4 is 0 Å². The number of carbonyl (C=O) groups excluding carboxylic acids is 1. The minimum absolute atomic E-state index is 0.00964. The zero-order valence-electron chi connectivity index (χ0n) is 12.8. The molecule has 0 atom stereocenters. The molecule has 2 aromatic carbocycles. The number of aromatic nitrogens is 1. The van der Waals surface area contributed by atoms with Gasteiger partial charge in [-0.3, -0.25) is 4.79 Å². The highest BCUT2D eigenvalue weighted by Gasteiger charge is 2.19. The van der Waals surface area contributed by atoms with E-state index in [0.717, 1.165) is 14.7 Å². The van der Waals surface area contributed by atoms with Gasteiger partial charge in [0.25, 0.3) is 0 Å². The first-order valence-electron chi connectivity index (χ1n) is 7.15. The molecule has 6 heteroatoms. The van der Waals surface area contributed by atoms with Crippen molar-refractivity contribution in [2.75, 3.05) is 7.11 Å². The minimum atomic E-state index is -0.386. The molecule has 0 spiro atoms. The van der Waals surface area contributed by atoms with Crippen LogP contribution in [0.1, 0.15) is 5.76 Å². The summed E-state index contributed by atoms with van der Waals surface area (Å²) in [6.07, 6.45) is 0.00964. The molecule has 0 amide bonds. The largest absolute Gasteiger partial charge is 0.469 e. The molecular formula is C18H13ClINO3. The summed E-state index contributed by atoms with van der Waals surface area (Å²) in [6, 6.07) is 15.1. The topological polar surface area (TPSA) is 52.3 Å². The van der Waals surface area contributed by atoms with Crippen molar-refractivity contribution in [2.24, 2.45) is 0 Å². The second kappa shape index (κ2) is 7.36. The van der Waals surface area contributed by atoms with Gasteiger partial charge in [-0.15, -0.1) is 0 Å². The molecule has 0 fully saturated rings. The third-order valence-corrected chi connectivity index (χ3v) is 4.37. The number of nitrogens with zero attached hydrogens (tertiary/aromatic N) is 1. The number of oxazole rings is 1. The lowest BCUT2D eigenvalue weighted by Crippen LogP contribution is -2.04. The quantitative estimate of drug-likeness (QED) is 0.413. The highest BCUT2D eigenvalue weighted by atomic mass is 127. The van der Waals surface area contributed by atoms with Crippen molar-refractivity contribution in [1.82, 2.24) is 4.98 Å². The molecule has 1 heterocycles. The Morgan fingerprint density at radius 1 is 1.21 bits per heavy atom. The van der Waals surface area contributed by atoms with Crippen LogP contribution in [-0.4, -0.2) is 18.1 Å². The maximum atomic E-state index is 11.7. The average Bonchev–Trinajstić information content (AvgIpc) is 2.99. The van der Waals surface area contributed by atoms with Gasteiger partial charge in [0.2, 0.25) is 5.89 Å². The number of benzene rings is 2. The Morgan fingerprint density at radius 2 is 1.96 bits per heavy atom. The van der Waals surface area contributed by atoms with E-state index < -0.39 is 0 Å². The van der Waals surface area contributed by atoms with E-state index >= 15 is 0 Å². The summed E-state index contributed by atoms with van der Waals surface area (Å²) in [6.45, 7) is 0. The number of rotatable bonds is 4. The van der Waals surface area contributed by atoms with Gasteiger partial charge in [-0.2, -0.15) is 0 Å². The van der Waals surface area contributed by atoms with E-state index in [2.05, 4.69) is 27.6 Å². The van der Waals surface area contributed by atoms with Crippen LogP contribution in [-0.2, 0) is 16.0 Å². The highest BCUT2D eigenvalue weighted by Crippen LogP contribution is 2.31. The van der Waals surface area contributed by atoms with Gasteiger partial charge in [0.15, 0.2) is 0 Å². The Labute approximate surface area is 157 Å². The van der Waals surface area contributed by atoms with E-state index in [9.17, 15) is 4.79 Å². The molecule has 0 aliphatic carbocycles. The summed E-state index contributed by atoms with van der Waals surface area (Å²) in [7, 11) is 1.35. The van der Waals surface area contributed by atoms with Crippen molar-refractivity contribution < 1.29 is 13.9 Å². The molecule has 1 aromatic heterocycles. The first-order chi connectivity index (χ1) is 11.6. The van der Waals surface area contributed by atoms with Crippen LogP contribution in [0.4, 0.5) is 0 Å². The Bertz CT molecular complexity index is 874. The lowest BCUT2D eigenvalue weighted by Gasteiger charge is -2.01. The fourth-order valence-corrected chi connectivity index (χ4v) is 2.80. The standard InChI is InChI=1S/C18H13ClINO3/c1-23-16(22)10-15-17(12-3-2-4-13(19)9-12)21-18(24-15)11-5-7-14(20)8-6-11/h2-9H,10H2,1H3. The summed E-state index contributed by atoms with van der Waals surface area (Å²) in [4.78, 5) is 16.3. The molecule has 0 unspecified atom stereocenters. The first-order valence-corrected chi connectivity index (χ1v) is 8.61. The van der Waals surface area contributed by atoms with Gasteiger partial charge in [0, 0.05) is 19.7 Å². The van der Waals surface area contributed by atoms with Crippen LogP contribution in [0.15, 0.2) is 52.9 Å². The molecule has 0 saturated carbocycles. The third-order valence-electron chi connectivity index (χ3n) is 3.42. The number of methoxy groups -OCH3 is 1. The Balaban J connectivity index is 2.08. The normalized spacial score (nSPS) is 10.6. The van der Waals surface area contributed by atoms with E-state index in [-0.39, 0.29) is 12.4 Å². The van der Waals surface area contributed by atoms with E-state index in [4.69, 9.17) is 20.8 Å². The van der Waals surface area contributed by atoms with Crippen molar-refractivity contribution in [2.45, 2.75) is 6.42 Å². The van der Waals surface area contributed by atoms with Crippen molar-refractivity contribution in [1.29, 1.82) is 0 Å². The van der Waals surface area contributed by atoms with Crippen molar-refractivity contribution in [3.8, 4) is 22.7 Å². The van der Waals surface area contributed by atoms with Gasteiger partial charge in [-0.05, 0) is 59.0 Å². The predicted octanol–water partition coefficient (Wildman–Crippen LogP) is 4.98. The van der Waals surface area contributed by atoms with Crippen LogP contribution >= 0.6 is 34.2 Å². The second-order valence-electron chi connectivity index (χ2n) is 5.06. The van der Waals surface area contributed by atoms with Crippen LogP contribution in [0.2, 0.25) is 5.02 Å². The molecule has 0 bridgehead atoms. The zero-order valence-corrected chi connectivity index (χ0v) is 15.7. The fraction of sp³-hybridized carbons (Fsp3) is 0.111. The van der Waals surface area contributed by atoms with Crippen LogP contribution in [0.3, 0.4) is 0 Å². The summed E-state index contributed by atoms with van der Waals surface area (Å²) in [5, 5.41) is 0.593. The lowest BCUT2D eigenvalue weighted by molar-refractivity contribution is -0.140. The van der Waals surface area contributed by atoms with Gasteiger partial charge in [-0.25, -0.2) is 4.98 Å². The van der Waals surface area contributed by atoms with Gasteiger partial charge < -0.3 is 9.15 Å². The molecule has 0 radical (unpaired) electrons. The summed E-state index contributed by atoms with van der Waals surface area (Å²) < 4.78 is 11.7. The van der Waals surface area contributed by atoms with Gasteiger partial charge in [-0.1, -0.05) is 23.7 Å². The Hall–Kier alpha value is -1.86. The van der Waals surface area contributed by atoms with Crippen LogP contribution in [0.5, 0.6) is 0 Å². The molecule has 122 valence electrons. The van der Waals surface area contributed by atoms with E-state index in [1.54, 1.807) is 12.1 Å². The fourth-order valence-electron chi connectivity index (χ4n) is 2.25. The van der Waals surface area contributed by atoms with E-state index in [0.29, 0.717) is 22.4 Å². The highest BCUT2D eigenvalue weighted by molar-refractivity contribution is 14.1. The smallest absolute Gasteiger partial charge is 0.313 e. The molecular weight excluding hydrogens is 441 g/mol. The van der Waals surface area contributed by atoms with Crippen molar-refractivity contribution in [3.63, 3.8) is 0 Å². The Kier molecular flexibility index (Phi) is 5.20. The van der Waals surface area contributed by atoms with Crippen LogP contribution in [0, 0.1) is 3.57 Å². The van der Waals surface area contributed by atoms with E-state index in [1.807, 2.05) is 36.4 Å². The molecule has 3 aromatic rings. The zero-order chi connectivity index (χ0) is 17.1. The molecule has 3 rings (SSSR count). The maximum absolute atomic E-state index is 11.7. The molecule has 0 aliphatic rings. The average molecular weight is 454 g/mol. The third kappa shape index (κ3) is 3.79. The molecule has 0 N–H and O–H groups in total. The molecule has 4 nitrogen and oxygen atoms in total. The molecule has 0 saturated heterocycles. The van der Waals surface area contributed by atoms with Crippen molar-refractivity contribution >= 4 is 40.2 Å². The van der Waals surface area contributed by atoms with Gasteiger partial charge >= 0.3 is 5.97 Å². The van der Waals surface area contributed by atoms with Crippen molar-refractivity contribution in [3.05, 3.63) is 62.9 Å². The number of esters is 1. The monoisotopic (exact) mass is 453 g/mol. The summed E-state index contributed by atoms with van der Waals surface area (Å²) in [5.41, 5.74) is 2.23. The van der Waals surface area contributed by atoms with E-state index in [1.165, 1.54) is 7.11 Å². The number of carbonyl (C=O) groups is 1. The number of hydrogen-bond acceptors (Lipinski definition) is 4.